The number of hydrogen-bond acceptors (Lipinski definition) is 6. The Kier molecular flexibility index (Phi) is 5.58. The molecule has 1 atom stereocenters. The molecule has 0 bridgehead atoms. The van der Waals surface area contributed by atoms with Crippen molar-refractivity contribution in [3.05, 3.63) is 83.5 Å². The summed E-state index contributed by atoms with van der Waals surface area (Å²) in [5.74, 6) is 0.954. The monoisotopic (exact) mass is 427 g/mol. The Balaban J connectivity index is 1.48. The van der Waals surface area contributed by atoms with E-state index in [4.69, 9.17) is 16.0 Å². The molecule has 0 aliphatic carbocycles. The number of halogens is 3. The maximum absolute atomic E-state index is 13.1. The lowest BCUT2D eigenvalue weighted by Crippen LogP contribution is -2.10. The van der Waals surface area contributed by atoms with Crippen molar-refractivity contribution in [1.29, 1.82) is 0 Å². The van der Waals surface area contributed by atoms with Crippen LogP contribution in [0, 0.1) is 11.6 Å². The lowest BCUT2D eigenvalue weighted by Gasteiger charge is -2.13. The van der Waals surface area contributed by atoms with Gasteiger partial charge in [-0.15, -0.1) is 0 Å². The molecule has 0 amide bonds. The smallest absolute Gasteiger partial charge is 0.225 e. The van der Waals surface area contributed by atoms with E-state index in [-0.39, 0.29) is 17.7 Å². The van der Waals surface area contributed by atoms with Crippen molar-refractivity contribution in [3.8, 4) is 11.3 Å². The van der Waals surface area contributed by atoms with E-state index in [2.05, 4.69) is 25.6 Å². The molecule has 0 aliphatic heterocycles. The van der Waals surface area contributed by atoms with Gasteiger partial charge in [-0.1, -0.05) is 11.6 Å². The molecule has 0 radical (unpaired) electrons. The first-order valence-electron chi connectivity index (χ1n) is 9.01. The number of aromatic nitrogens is 3. The number of benzene rings is 2. The quantitative estimate of drug-likeness (QED) is 0.394. The minimum absolute atomic E-state index is 0.304. The molecule has 4 rings (SSSR count). The van der Waals surface area contributed by atoms with Gasteiger partial charge < -0.3 is 15.1 Å². The summed E-state index contributed by atoms with van der Waals surface area (Å²) in [6.45, 7) is 1.84. The molecule has 1 unspecified atom stereocenters. The predicted molar refractivity (Wildman–Crippen MR) is 111 cm³/mol. The third kappa shape index (κ3) is 4.55. The number of oxazole rings is 1. The van der Waals surface area contributed by atoms with Gasteiger partial charge in [0, 0.05) is 11.3 Å². The summed E-state index contributed by atoms with van der Waals surface area (Å²) in [4.78, 5) is 12.8. The first kappa shape index (κ1) is 19.8. The Hall–Kier alpha value is -3.52. The number of hydrogen-bond donors (Lipinski definition) is 2. The Labute approximate surface area is 176 Å². The summed E-state index contributed by atoms with van der Waals surface area (Å²) in [6, 6.07) is 11.4. The molecule has 152 valence electrons. The highest BCUT2D eigenvalue weighted by Crippen LogP contribution is 2.27. The molecule has 0 spiro atoms. The summed E-state index contributed by atoms with van der Waals surface area (Å²) in [6.07, 6.45) is 3.03. The first-order chi connectivity index (χ1) is 14.5. The van der Waals surface area contributed by atoms with Crippen molar-refractivity contribution < 1.29 is 13.2 Å². The Morgan fingerprint density at radius 2 is 1.60 bits per heavy atom. The van der Waals surface area contributed by atoms with Gasteiger partial charge in [0.1, 0.15) is 22.7 Å². The van der Waals surface area contributed by atoms with Crippen molar-refractivity contribution in [2.45, 2.75) is 13.0 Å². The van der Waals surface area contributed by atoms with Gasteiger partial charge in [0.2, 0.25) is 11.8 Å². The van der Waals surface area contributed by atoms with Gasteiger partial charge in [-0.05, 0) is 55.5 Å². The van der Waals surface area contributed by atoms with Crippen LogP contribution in [0.5, 0.6) is 0 Å². The lowest BCUT2D eigenvalue weighted by atomic mass is 10.2. The molecule has 0 saturated carbocycles. The van der Waals surface area contributed by atoms with E-state index in [1.54, 1.807) is 30.5 Å². The van der Waals surface area contributed by atoms with E-state index < -0.39 is 0 Å². The van der Waals surface area contributed by atoms with Gasteiger partial charge >= 0.3 is 0 Å². The van der Waals surface area contributed by atoms with Crippen LogP contribution >= 0.6 is 11.6 Å². The van der Waals surface area contributed by atoms with E-state index in [1.165, 1.54) is 30.5 Å². The van der Waals surface area contributed by atoms with Crippen LogP contribution in [-0.2, 0) is 0 Å². The molecule has 6 nitrogen and oxygen atoms in total. The van der Waals surface area contributed by atoms with Gasteiger partial charge in [0.05, 0.1) is 12.4 Å². The predicted octanol–water partition coefficient (Wildman–Crippen LogP) is 5.98. The Morgan fingerprint density at radius 1 is 0.933 bits per heavy atom. The van der Waals surface area contributed by atoms with E-state index in [0.29, 0.717) is 34.1 Å². The number of anilines is 3. The fourth-order valence-electron chi connectivity index (χ4n) is 2.69. The molecular weight excluding hydrogens is 412 g/mol. The zero-order valence-electron chi connectivity index (χ0n) is 15.7. The van der Waals surface area contributed by atoms with Crippen molar-refractivity contribution >= 4 is 29.1 Å². The highest BCUT2D eigenvalue weighted by atomic mass is 35.5. The lowest BCUT2D eigenvalue weighted by molar-refractivity contribution is 0.484. The average molecular weight is 428 g/mol. The van der Waals surface area contributed by atoms with Crippen LogP contribution in [0.2, 0.25) is 5.02 Å². The fourth-order valence-corrected chi connectivity index (χ4v) is 2.82. The summed E-state index contributed by atoms with van der Waals surface area (Å²) in [7, 11) is 0. The molecule has 0 fully saturated rings. The van der Waals surface area contributed by atoms with Crippen LogP contribution in [0.25, 0.3) is 11.3 Å². The zero-order chi connectivity index (χ0) is 21.1. The second kappa shape index (κ2) is 8.46. The van der Waals surface area contributed by atoms with Gasteiger partial charge in [0.25, 0.3) is 0 Å². The number of rotatable bonds is 6. The third-order valence-corrected chi connectivity index (χ3v) is 4.50. The van der Waals surface area contributed by atoms with E-state index in [0.717, 1.165) is 5.56 Å². The fraction of sp³-hybridized carbons (Fsp3) is 0.0952. The van der Waals surface area contributed by atoms with E-state index in [1.807, 2.05) is 6.92 Å². The Morgan fingerprint density at radius 3 is 2.30 bits per heavy atom. The van der Waals surface area contributed by atoms with Crippen LogP contribution < -0.4 is 10.6 Å². The largest absolute Gasteiger partial charge is 0.438 e. The Bertz CT molecular complexity index is 1150. The molecule has 9 heteroatoms. The highest BCUT2D eigenvalue weighted by molar-refractivity contribution is 6.32. The molecule has 2 aromatic carbocycles. The van der Waals surface area contributed by atoms with E-state index >= 15 is 0 Å². The number of nitrogens with zero attached hydrogens (tertiary/aromatic N) is 3. The maximum Gasteiger partial charge on any atom is 0.225 e. The molecular formula is C21H16ClF2N5O. The van der Waals surface area contributed by atoms with E-state index in [9.17, 15) is 8.78 Å². The van der Waals surface area contributed by atoms with Crippen LogP contribution in [0.15, 0.2) is 65.3 Å². The second-order valence-corrected chi connectivity index (χ2v) is 6.86. The van der Waals surface area contributed by atoms with Crippen LogP contribution in [0.3, 0.4) is 0 Å². The zero-order valence-corrected chi connectivity index (χ0v) is 16.5. The summed E-state index contributed by atoms with van der Waals surface area (Å²) < 4.78 is 31.9. The summed E-state index contributed by atoms with van der Waals surface area (Å²) >= 11 is 6.17. The molecule has 0 saturated heterocycles. The second-order valence-electron chi connectivity index (χ2n) is 6.46. The molecule has 4 aromatic rings. The molecule has 2 aromatic heterocycles. The molecule has 2 heterocycles. The first-order valence-corrected chi connectivity index (χ1v) is 9.39. The highest BCUT2D eigenvalue weighted by Gasteiger charge is 2.16. The average Bonchev–Trinajstić information content (AvgIpc) is 3.23. The third-order valence-electron chi connectivity index (χ3n) is 4.22. The molecule has 0 aliphatic rings. The minimum Gasteiger partial charge on any atom is -0.438 e. The molecule has 2 N–H and O–H groups in total. The number of nitrogens with one attached hydrogen (secondary N) is 2. The molecule has 30 heavy (non-hydrogen) atoms. The van der Waals surface area contributed by atoms with Crippen LogP contribution in [-0.4, -0.2) is 15.0 Å². The normalized spacial score (nSPS) is 11.9. The van der Waals surface area contributed by atoms with Gasteiger partial charge in [0.15, 0.2) is 11.6 Å². The maximum atomic E-state index is 13.1. The van der Waals surface area contributed by atoms with Crippen molar-refractivity contribution in [2.24, 2.45) is 0 Å². The topological polar surface area (TPSA) is 75.9 Å². The standard InChI is InChI=1S/C21H16ClF2N5O/c1-12(20-25-11-18(30-20)13-2-4-14(23)5-3-13)27-21-26-10-17(22)19(29-21)28-16-8-6-15(24)7-9-16/h2-12H,1H3,(H2,26,27,28,29). The summed E-state index contributed by atoms with van der Waals surface area (Å²) in [5.41, 5.74) is 1.35. The SMILES string of the molecule is CC(Nc1ncc(Cl)c(Nc2ccc(F)cc2)n1)c1ncc(-c2ccc(F)cc2)o1. The van der Waals surface area contributed by atoms with Gasteiger partial charge in [-0.2, -0.15) is 4.98 Å². The van der Waals surface area contributed by atoms with Crippen LogP contribution in [0.1, 0.15) is 18.9 Å². The van der Waals surface area contributed by atoms with Crippen molar-refractivity contribution in [2.75, 3.05) is 10.6 Å². The van der Waals surface area contributed by atoms with Crippen molar-refractivity contribution in [3.63, 3.8) is 0 Å². The van der Waals surface area contributed by atoms with Crippen molar-refractivity contribution in [1.82, 2.24) is 15.0 Å². The van der Waals surface area contributed by atoms with Gasteiger partial charge in [-0.25, -0.2) is 18.7 Å². The minimum atomic E-state index is -0.348. The van der Waals surface area contributed by atoms with Crippen LogP contribution in [0.4, 0.5) is 26.2 Å². The van der Waals surface area contributed by atoms with Gasteiger partial charge in [-0.3, -0.25) is 0 Å². The summed E-state index contributed by atoms with van der Waals surface area (Å²) in [5, 5.41) is 6.43.